The summed E-state index contributed by atoms with van der Waals surface area (Å²) in [7, 11) is 1.57. The molecule has 0 bridgehead atoms. The smallest absolute Gasteiger partial charge is 0.294 e. The summed E-state index contributed by atoms with van der Waals surface area (Å²) in [6, 6.07) is 15.0. The zero-order chi connectivity index (χ0) is 20.1. The van der Waals surface area contributed by atoms with E-state index in [9.17, 15) is 4.79 Å². The van der Waals surface area contributed by atoms with Crippen LogP contribution >= 0.6 is 0 Å². The van der Waals surface area contributed by atoms with E-state index in [1.807, 2.05) is 36.5 Å². The molecule has 4 rings (SSSR count). The van der Waals surface area contributed by atoms with Crippen LogP contribution in [0.15, 0.2) is 59.3 Å². The van der Waals surface area contributed by atoms with E-state index in [4.69, 9.17) is 9.26 Å². The van der Waals surface area contributed by atoms with Crippen molar-refractivity contribution in [1.82, 2.24) is 15.0 Å². The van der Waals surface area contributed by atoms with E-state index in [-0.39, 0.29) is 17.6 Å². The average molecular weight is 392 g/mol. The number of ether oxygens (including phenoxy) is 1. The number of carbonyl (C=O) groups excluding carboxylic acids is 1. The number of methoxy groups -OCH3 is 1. The molecule has 1 atom stereocenters. The molecule has 7 nitrogen and oxygen atoms in total. The molecular formula is C22H24N4O3. The molecule has 1 aromatic carbocycles. The van der Waals surface area contributed by atoms with Crippen LogP contribution in [-0.2, 0) is 6.54 Å². The zero-order valence-electron chi connectivity index (χ0n) is 16.4. The number of likely N-dealkylation sites (tertiary alicyclic amines) is 1. The van der Waals surface area contributed by atoms with Crippen LogP contribution in [-0.4, -0.2) is 41.1 Å². The Morgan fingerprint density at radius 1 is 1.28 bits per heavy atom. The number of carbonyl (C=O) groups is 1. The lowest BCUT2D eigenvalue weighted by atomic mass is 9.94. The van der Waals surface area contributed by atoms with Gasteiger partial charge in [0.25, 0.3) is 5.91 Å². The van der Waals surface area contributed by atoms with Crippen LogP contribution in [0.25, 0.3) is 0 Å². The Labute approximate surface area is 169 Å². The molecule has 1 saturated heterocycles. The predicted octanol–water partition coefficient (Wildman–Crippen LogP) is 3.71. The number of benzene rings is 1. The quantitative estimate of drug-likeness (QED) is 0.689. The van der Waals surface area contributed by atoms with Gasteiger partial charge in [0.2, 0.25) is 5.76 Å². The third-order valence-electron chi connectivity index (χ3n) is 5.14. The summed E-state index contributed by atoms with van der Waals surface area (Å²) in [5.41, 5.74) is 2.48. The molecule has 0 radical (unpaired) electrons. The normalized spacial score (nSPS) is 17.1. The van der Waals surface area contributed by atoms with Crippen molar-refractivity contribution in [1.29, 1.82) is 0 Å². The number of anilines is 1. The number of nitrogens with one attached hydrogen (secondary N) is 1. The Morgan fingerprint density at radius 3 is 2.97 bits per heavy atom. The second-order valence-electron chi connectivity index (χ2n) is 7.17. The highest BCUT2D eigenvalue weighted by molar-refractivity contribution is 6.03. The van der Waals surface area contributed by atoms with Gasteiger partial charge in [-0.2, -0.15) is 0 Å². The number of hydrogen-bond donors (Lipinski definition) is 1. The van der Waals surface area contributed by atoms with Gasteiger partial charge in [-0.25, -0.2) is 0 Å². The Bertz CT molecular complexity index is 957. The van der Waals surface area contributed by atoms with Gasteiger partial charge in [0.15, 0.2) is 0 Å². The maximum Gasteiger partial charge on any atom is 0.294 e. The highest BCUT2D eigenvalue weighted by atomic mass is 16.5. The van der Waals surface area contributed by atoms with E-state index in [0.29, 0.717) is 11.4 Å². The molecular weight excluding hydrogens is 368 g/mol. The molecule has 7 heteroatoms. The van der Waals surface area contributed by atoms with Crippen molar-refractivity contribution in [2.24, 2.45) is 0 Å². The van der Waals surface area contributed by atoms with Gasteiger partial charge in [-0.05, 0) is 43.7 Å². The molecule has 150 valence electrons. The first-order valence-corrected chi connectivity index (χ1v) is 9.76. The van der Waals surface area contributed by atoms with E-state index in [1.165, 1.54) is 0 Å². The molecule has 0 spiro atoms. The lowest BCUT2D eigenvalue weighted by Crippen LogP contribution is -2.34. The number of hydrogen-bond acceptors (Lipinski definition) is 6. The first-order chi connectivity index (χ1) is 14.2. The number of rotatable bonds is 6. The van der Waals surface area contributed by atoms with Crippen LogP contribution in [0, 0.1) is 0 Å². The summed E-state index contributed by atoms with van der Waals surface area (Å²) < 4.78 is 10.6. The third-order valence-corrected chi connectivity index (χ3v) is 5.14. The van der Waals surface area contributed by atoms with Crippen LogP contribution in [0.3, 0.4) is 0 Å². The van der Waals surface area contributed by atoms with Crippen LogP contribution in [0.1, 0.15) is 40.7 Å². The third kappa shape index (κ3) is 4.63. The molecule has 3 heterocycles. The second-order valence-corrected chi connectivity index (χ2v) is 7.17. The molecule has 1 aliphatic rings. The van der Waals surface area contributed by atoms with Crippen molar-refractivity contribution in [2.45, 2.75) is 25.3 Å². The van der Waals surface area contributed by atoms with Gasteiger partial charge in [0.05, 0.1) is 24.2 Å². The van der Waals surface area contributed by atoms with E-state index in [2.05, 4.69) is 20.4 Å². The number of aromatic nitrogens is 2. The fourth-order valence-corrected chi connectivity index (χ4v) is 3.68. The van der Waals surface area contributed by atoms with Crippen LogP contribution in [0.2, 0.25) is 0 Å². The lowest BCUT2D eigenvalue weighted by Gasteiger charge is -2.31. The minimum atomic E-state index is -0.339. The SMILES string of the molecule is COc1ccccc1NC(=O)c1cc(C2CCCN(Cc3ccccn3)C2)no1. The standard InChI is InChI=1S/C22H24N4O3/c1-28-20-10-3-2-9-18(20)24-22(27)21-13-19(25-29-21)16-7-6-12-26(14-16)15-17-8-4-5-11-23-17/h2-5,8-11,13,16H,6-7,12,14-15H2,1H3,(H,24,27). The first kappa shape index (κ1) is 19.1. The molecule has 29 heavy (non-hydrogen) atoms. The van der Waals surface area contributed by atoms with Crippen molar-refractivity contribution in [2.75, 3.05) is 25.5 Å². The highest BCUT2D eigenvalue weighted by Crippen LogP contribution is 2.28. The number of para-hydroxylation sites is 2. The van der Waals surface area contributed by atoms with Gasteiger partial charge < -0.3 is 14.6 Å². The molecule has 1 unspecified atom stereocenters. The van der Waals surface area contributed by atoms with E-state index in [0.717, 1.165) is 43.9 Å². The average Bonchev–Trinajstić information content (AvgIpc) is 3.26. The summed E-state index contributed by atoms with van der Waals surface area (Å²) in [6.45, 7) is 2.72. The Kier molecular flexibility index (Phi) is 5.86. The summed E-state index contributed by atoms with van der Waals surface area (Å²) in [4.78, 5) is 19.4. The molecule has 1 N–H and O–H groups in total. The van der Waals surface area contributed by atoms with E-state index in [1.54, 1.807) is 25.3 Å². The molecule has 2 aromatic heterocycles. The predicted molar refractivity (Wildman–Crippen MR) is 109 cm³/mol. The second kappa shape index (κ2) is 8.87. The monoisotopic (exact) mass is 392 g/mol. The van der Waals surface area contributed by atoms with Crippen molar-refractivity contribution in [3.63, 3.8) is 0 Å². The van der Waals surface area contributed by atoms with E-state index < -0.39 is 0 Å². The lowest BCUT2D eigenvalue weighted by molar-refractivity contribution is 0.0987. The summed E-state index contributed by atoms with van der Waals surface area (Å²) in [6.07, 6.45) is 3.92. The number of pyridine rings is 1. The van der Waals surface area contributed by atoms with Crippen LogP contribution in [0.5, 0.6) is 5.75 Å². The van der Waals surface area contributed by atoms with Crippen molar-refractivity contribution < 1.29 is 14.1 Å². The largest absolute Gasteiger partial charge is 0.495 e. The van der Waals surface area contributed by atoms with Crippen LogP contribution in [0.4, 0.5) is 5.69 Å². The van der Waals surface area contributed by atoms with E-state index >= 15 is 0 Å². The maximum atomic E-state index is 12.6. The maximum absolute atomic E-state index is 12.6. The summed E-state index contributed by atoms with van der Waals surface area (Å²) >= 11 is 0. The summed E-state index contributed by atoms with van der Waals surface area (Å²) in [5, 5.41) is 7.00. The van der Waals surface area contributed by atoms with Gasteiger partial charge in [-0.1, -0.05) is 23.4 Å². The fraction of sp³-hybridized carbons (Fsp3) is 0.318. The molecule has 0 saturated carbocycles. The molecule has 3 aromatic rings. The molecule has 1 aliphatic heterocycles. The topological polar surface area (TPSA) is 80.5 Å². The van der Waals surface area contributed by atoms with Gasteiger partial charge in [0, 0.05) is 31.3 Å². The highest BCUT2D eigenvalue weighted by Gasteiger charge is 2.26. The molecule has 1 amide bonds. The number of amides is 1. The molecule has 1 fully saturated rings. The van der Waals surface area contributed by atoms with Gasteiger partial charge in [-0.3, -0.25) is 14.7 Å². The van der Waals surface area contributed by atoms with Gasteiger partial charge in [0.1, 0.15) is 5.75 Å². The first-order valence-electron chi connectivity index (χ1n) is 9.76. The Balaban J connectivity index is 1.41. The zero-order valence-corrected chi connectivity index (χ0v) is 16.4. The Morgan fingerprint density at radius 2 is 2.14 bits per heavy atom. The number of piperidine rings is 1. The van der Waals surface area contributed by atoms with Crippen molar-refractivity contribution in [3.8, 4) is 5.75 Å². The fourth-order valence-electron chi connectivity index (χ4n) is 3.68. The molecule has 0 aliphatic carbocycles. The number of nitrogens with zero attached hydrogens (tertiary/aromatic N) is 3. The van der Waals surface area contributed by atoms with Crippen molar-refractivity contribution in [3.05, 3.63) is 71.9 Å². The minimum absolute atomic E-state index is 0.202. The van der Waals surface area contributed by atoms with Gasteiger partial charge >= 0.3 is 0 Å². The minimum Gasteiger partial charge on any atom is -0.495 e. The van der Waals surface area contributed by atoms with Gasteiger partial charge in [-0.15, -0.1) is 0 Å². The van der Waals surface area contributed by atoms with Crippen LogP contribution < -0.4 is 10.1 Å². The van der Waals surface area contributed by atoms with Crippen molar-refractivity contribution >= 4 is 11.6 Å². The Hall–Kier alpha value is -3.19. The summed E-state index contributed by atoms with van der Waals surface area (Å²) in [5.74, 6) is 0.698.